The summed E-state index contributed by atoms with van der Waals surface area (Å²) in [5, 5.41) is 90.6. The summed E-state index contributed by atoms with van der Waals surface area (Å²) >= 11 is 0. The van der Waals surface area contributed by atoms with E-state index >= 15 is 0 Å². The van der Waals surface area contributed by atoms with E-state index in [1.165, 1.54) is 0 Å². The Balaban J connectivity index is 1.36. The van der Waals surface area contributed by atoms with Crippen LogP contribution in [0.2, 0.25) is 0 Å². The molecular formula is C21H34N2O22P2. The van der Waals surface area contributed by atoms with Crippen molar-refractivity contribution in [1.82, 2.24) is 9.55 Å². The molecule has 0 amide bonds. The monoisotopic (exact) mass is 728 g/mol. The van der Waals surface area contributed by atoms with Crippen LogP contribution >= 0.6 is 15.6 Å². The van der Waals surface area contributed by atoms with E-state index in [-0.39, 0.29) is 0 Å². The highest BCUT2D eigenvalue weighted by atomic mass is 31.3. The van der Waals surface area contributed by atoms with Gasteiger partial charge in [-0.3, -0.25) is 23.4 Å². The third-order valence-corrected chi connectivity index (χ3v) is 9.87. The molecule has 16 atom stereocenters. The third-order valence-electron chi connectivity index (χ3n) is 7.27. The van der Waals surface area contributed by atoms with Gasteiger partial charge in [0.2, 0.25) is 0 Å². The Hall–Kier alpha value is -1.58. The summed E-state index contributed by atoms with van der Waals surface area (Å²) in [5.74, 6) is 0. The van der Waals surface area contributed by atoms with Crippen molar-refractivity contribution in [3.05, 3.63) is 33.1 Å². The number of nitrogens with one attached hydrogen (secondary N) is 1. The summed E-state index contributed by atoms with van der Waals surface area (Å²) in [7, 11) is -11.4. The lowest BCUT2D eigenvalue weighted by molar-refractivity contribution is -0.353. The van der Waals surface area contributed by atoms with Crippen molar-refractivity contribution in [3.63, 3.8) is 0 Å². The second kappa shape index (κ2) is 15.1. The lowest BCUT2D eigenvalue weighted by Gasteiger charge is -2.45. The Kier molecular flexibility index (Phi) is 12.3. The standard InChI is InChI=1S/C21H34N2O22P2/c24-3-6-10(27)12(29)15(32)19(41-6)43-17-7(4-25)42-20(16(33)13(17)30)44-47(37,38)45-46(35,36)39-5-8-11(28)14(31)18(40-8)23-2-1-9(26)22-21(23)34/h1-2,6-8,10-20,24-25,27-33H,3-5H2,(H,35,36)(H,37,38)(H,22,26,34)/t6-,7-,8-,10+,11-,12+,13-,14-,15-,16-,17-,18-,19+,20-/m1/s1. The van der Waals surface area contributed by atoms with Gasteiger partial charge in [0.1, 0.15) is 67.1 Å². The van der Waals surface area contributed by atoms with Crippen molar-refractivity contribution in [1.29, 1.82) is 0 Å². The molecule has 3 saturated heterocycles. The first-order valence-electron chi connectivity index (χ1n) is 13.5. The Morgan fingerprint density at radius 1 is 0.745 bits per heavy atom. The minimum absolute atomic E-state index is 0.698. The number of hydrogen-bond acceptors (Lipinski definition) is 20. The number of phosphoric acid groups is 2. The molecule has 1 aromatic rings. The maximum atomic E-state index is 12.6. The number of H-pyrrole nitrogens is 1. The van der Waals surface area contributed by atoms with Crippen LogP contribution in [0.5, 0.6) is 0 Å². The maximum absolute atomic E-state index is 12.6. The number of hydrogen-bond donors (Lipinski definition) is 12. The van der Waals surface area contributed by atoms with Gasteiger partial charge in [-0.25, -0.2) is 13.9 Å². The van der Waals surface area contributed by atoms with Gasteiger partial charge in [-0.2, -0.15) is 4.31 Å². The quantitative estimate of drug-likeness (QED) is 0.0889. The van der Waals surface area contributed by atoms with E-state index in [1.54, 1.807) is 0 Å². The normalized spacial score (nSPS) is 42.1. The first-order valence-corrected chi connectivity index (χ1v) is 16.5. The van der Waals surface area contributed by atoms with Gasteiger partial charge in [-0.05, 0) is 0 Å². The summed E-state index contributed by atoms with van der Waals surface area (Å²) < 4.78 is 59.8. The van der Waals surface area contributed by atoms with Crippen LogP contribution in [-0.4, -0.2) is 165 Å². The van der Waals surface area contributed by atoms with E-state index in [0.29, 0.717) is 4.57 Å². The average molecular weight is 728 g/mol. The Labute approximate surface area is 261 Å². The van der Waals surface area contributed by atoms with Crippen molar-refractivity contribution in [2.24, 2.45) is 0 Å². The van der Waals surface area contributed by atoms with E-state index in [1.807, 2.05) is 4.98 Å². The summed E-state index contributed by atoms with van der Waals surface area (Å²) in [5.41, 5.74) is -1.81. The number of aromatic nitrogens is 2. The molecule has 12 N–H and O–H groups in total. The fourth-order valence-corrected chi connectivity index (χ4v) is 7.00. The molecule has 4 rings (SSSR count). The highest BCUT2D eigenvalue weighted by molar-refractivity contribution is 7.61. The molecule has 0 spiro atoms. The molecule has 0 bridgehead atoms. The second-order valence-electron chi connectivity index (χ2n) is 10.5. The van der Waals surface area contributed by atoms with Crippen molar-refractivity contribution < 1.29 is 97.2 Å². The van der Waals surface area contributed by atoms with Crippen molar-refractivity contribution >= 4 is 15.6 Å². The first-order chi connectivity index (χ1) is 21.9. The van der Waals surface area contributed by atoms with Crippen molar-refractivity contribution in [2.75, 3.05) is 19.8 Å². The second-order valence-corrected chi connectivity index (χ2v) is 13.5. The molecule has 4 heterocycles. The van der Waals surface area contributed by atoms with Crippen LogP contribution in [0.25, 0.3) is 0 Å². The summed E-state index contributed by atoms with van der Waals surface area (Å²) in [6.45, 7) is -2.98. The molecule has 1 aromatic heterocycles. The number of aliphatic hydroxyl groups is 9. The predicted octanol–water partition coefficient (Wildman–Crippen LogP) is -6.97. The number of aliphatic hydroxyl groups excluding tert-OH is 9. The van der Waals surface area contributed by atoms with Gasteiger partial charge in [-0.1, -0.05) is 0 Å². The first kappa shape index (κ1) is 38.2. The van der Waals surface area contributed by atoms with E-state index in [4.69, 9.17) is 18.9 Å². The van der Waals surface area contributed by atoms with E-state index < -0.39 is 133 Å². The maximum Gasteiger partial charge on any atom is 0.483 e. The fraction of sp³-hybridized carbons (Fsp3) is 0.810. The van der Waals surface area contributed by atoms with E-state index in [0.717, 1.165) is 12.3 Å². The van der Waals surface area contributed by atoms with Crippen LogP contribution in [0.15, 0.2) is 21.9 Å². The lowest BCUT2D eigenvalue weighted by atomic mass is 9.97. The number of phosphoric ester groups is 2. The largest absolute Gasteiger partial charge is 0.483 e. The molecule has 3 aliphatic heterocycles. The van der Waals surface area contributed by atoms with E-state index in [2.05, 4.69) is 13.4 Å². The lowest BCUT2D eigenvalue weighted by Crippen LogP contribution is -2.64. The van der Waals surface area contributed by atoms with E-state index in [9.17, 15) is 74.5 Å². The van der Waals surface area contributed by atoms with Gasteiger partial charge in [0, 0.05) is 12.3 Å². The molecule has 2 unspecified atom stereocenters. The predicted molar refractivity (Wildman–Crippen MR) is 141 cm³/mol. The van der Waals surface area contributed by atoms with Crippen LogP contribution in [0.1, 0.15) is 6.23 Å². The zero-order chi connectivity index (χ0) is 35.0. The van der Waals surface area contributed by atoms with Gasteiger partial charge >= 0.3 is 21.3 Å². The number of ether oxygens (including phenoxy) is 4. The number of rotatable bonds is 12. The molecule has 270 valence electrons. The minimum Gasteiger partial charge on any atom is -0.394 e. The van der Waals surface area contributed by atoms with Crippen LogP contribution < -0.4 is 11.2 Å². The molecule has 24 nitrogen and oxygen atoms in total. The van der Waals surface area contributed by atoms with Crippen molar-refractivity contribution in [3.8, 4) is 0 Å². The van der Waals surface area contributed by atoms with Crippen LogP contribution in [-0.2, 0) is 41.4 Å². The SMILES string of the molecule is O=c1ccn([C@@H]2O[C@H](COP(=O)(O)OP(=O)(O)O[C@H]3O[C@H](CO)[C@@H](O[C@@H]4O[C@H](CO)[C@H](O)[C@H](O)[C@H]4O)[C@H](O)[C@H]3O)[C@@H](O)[C@H]2O)c(=O)[nH]1. The van der Waals surface area contributed by atoms with Crippen LogP contribution in [0.4, 0.5) is 0 Å². The Morgan fingerprint density at radius 2 is 1.34 bits per heavy atom. The summed E-state index contributed by atoms with van der Waals surface area (Å²) in [6.07, 6.45) is -25.3. The minimum atomic E-state index is -5.78. The topological polar surface area (TPSA) is 376 Å². The number of nitrogens with zero attached hydrogens (tertiary/aromatic N) is 1. The molecule has 0 radical (unpaired) electrons. The molecule has 0 aliphatic carbocycles. The molecule has 0 aromatic carbocycles. The van der Waals surface area contributed by atoms with Crippen LogP contribution in [0.3, 0.4) is 0 Å². The van der Waals surface area contributed by atoms with Gasteiger partial charge < -0.3 is 74.7 Å². The van der Waals surface area contributed by atoms with Gasteiger partial charge in [0.15, 0.2) is 18.8 Å². The highest BCUT2D eigenvalue weighted by Gasteiger charge is 2.53. The average Bonchev–Trinajstić information content (AvgIpc) is 3.27. The fourth-order valence-electron chi connectivity index (χ4n) is 4.84. The summed E-state index contributed by atoms with van der Waals surface area (Å²) in [6, 6.07) is 0.907. The molecule has 47 heavy (non-hydrogen) atoms. The van der Waals surface area contributed by atoms with Crippen molar-refractivity contribution in [2.45, 2.75) is 86.0 Å². The third kappa shape index (κ3) is 8.60. The van der Waals surface area contributed by atoms with Gasteiger partial charge in [0.25, 0.3) is 5.56 Å². The molecule has 3 fully saturated rings. The smallest absolute Gasteiger partial charge is 0.394 e. The molecule has 26 heteroatoms. The highest BCUT2D eigenvalue weighted by Crippen LogP contribution is 2.61. The molecule has 3 aliphatic rings. The number of aromatic amines is 1. The zero-order valence-corrected chi connectivity index (χ0v) is 25.4. The Morgan fingerprint density at radius 3 is 1.96 bits per heavy atom. The molecule has 0 saturated carbocycles. The zero-order valence-electron chi connectivity index (χ0n) is 23.6. The van der Waals surface area contributed by atoms with Gasteiger partial charge in [0.05, 0.1) is 19.8 Å². The Bertz CT molecular complexity index is 1420. The van der Waals surface area contributed by atoms with Crippen LogP contribution in [0, 0.1) is 0 Å². The van der Waals surface area contributed by atoms with Gasteiger partial charge in [-0.15, -0.1) is 0 Å². The summed E-state index contributed by atoms with van der Waals surface area (Å²) in [4.78, 5) is 45.2. The molecular weight excluding hydrogens is 694 g/mol.